The van der Waals surface area contributed by atoms with E-state index in [0.29, 0.717) is 37.7 Å². The summed E-state index contributed by atoms with van der Waals surface area (Å²) in [4.78, 5) is 14.1. The minimum Gasteiger partial charge on any atom is -0.383 e. The van der Waals surface area contributed by atoms with Crippen LogP contribution in [0.15, 0.2) is 24.3 Å². The number of amides is 1. The van der Waals surface area contributed by atoms with Gasteiger partial charge < -0.3 is 14.4 Å². The maximum absolute atomic E-state index is 12.4. The highest BCUT2D eigenvalue weighted by atomic mass is 35.5. The van der Waals surface area contributed by atoms with Gasteiger partial charge in [0.1, 0.15) is 0 Å². The Morgan fingerprint density at radius 3 is 2.37 bits per heavy atom. The lowest BCUT2D eigenvalue weighted by molar-refractivity contribution is 0.0627. The fourth-order valence-corrected chi connectivity index (χ4v) is 1.85. The fourth-order valence-electron chi connectivity index (χ4n) is 1.69. The topological polar surface area (TPSA) is 38.8 Å². The van der Waals surface area contributed by atoms with Gasteiger partial charge in [-0.25, -0.2) is 0 Å². The van der Waals surface area contributed by atoms with Gasteiger partial charge in [0, 0.05) is 38.8 Å². The first-order valence-electron chi connectivity index (χ1n) is 6.15. The molecule has 106 valence electrons. The predicted octanol–water partition coefficient (Wildman–Crippen LogP) is 2.16. The van der Waals surface area contributed by atoms with E-state index in [0.717, 1.165) is 5.56 Å². The Morgan fingerprint density at radius 2 is 1.84 bits per heavy atom. The third-order valence-corrected chi connectivity index (χ3v) is 3.05. The Bertz CT molecular complexity index is 390. The molecular weight excluding hydrogens is 266 g/mol. The summed E-state index contributed by atoms with van der Waals surface area (Å²) in [6.45, 7) is 2.10. The maximum atomic E-state index is 12.4. The predicted molar refractivity (Wildman–Crippen MR) is 75.7 cm³/mol. The van der Waals surface area contributed by atoms with Crippen molar-refractivity contribution in [2.24, 2.45) is 0 Å². The van der Waals surface area contributed by atoms with Gasteiger partial charge in [-0.05, 0) is 17.7 Å². The molecule has 1 amide bonds. The van der Waals surface area contributed by atoms with Crippen LogP contribution < -0.4 is 0 Å². The van der Waals surface area contributed by atoms with Gasteiger partial charge in [0.15, 0.2) is 0 Å². The quantitative estimate of drug-likeness (QED) is 0.687. The number of carbonyl (C=O) groups excluding carboxylic acids is 1. The number of hydrogen-bond donors (Lipinski definition) is 0. The molecule has 5 heteroatoms. The first-order chi connectivity index (χ1) is 9.22. The van der Waals surface area contributed by atoms with Gasteiger partial charge >= 0.3 is 0 Å². The molecule has 0 aliphatic heterocycles. The molecule has 0 aliphatic carbocycles. The number of carbonyl (C=O) groups is 1. The average molecular weight is 286 g/mol. The van der Waals surface area contributed by atoms with Crippen molar-refractivity contribution < 1.29 is 14.3 Å². The molecule has 0 bridgehead atoms. The number of ether oxygens (including phenoxy) is 2. The first-order valence-corrected chi connectivity index (χ1v) is 6.68. The molecule has 0 spiro atoms. The molecule has 0 unspecified atom stereocenters. The highest BCUT2D eigenvalue weighted by molar-refractivity contribution is 6.17. The molecule has 0 aromatic heterocycles. The van der Waals surface area contributed by atoms with Gasteiger partial charge in [0.25, 0.3) is 5.91 Å². The molecule has 0 saturated carbocycles. The number of halogens is 1. The Balaban J connectivity index is 2.77. The summed E-state index contributed by atoms with van der Waals surface area (Å²) in [5.74, 6) is 0.373. The van der Waals surface area contributed by atoms with E-state index in [1.807, 2.05) is 18.2 Å². The minimum atomic E-state index is -0.0268. The van der Waals surface area contributed by atoms with Crippen LogP contribution in [0.5, 0.6) is 0 Å². The summed E-state index contributed by atoms with van der Waals surface area (Å²) in [7, 11) is 3.24. The lowest BCUT2D eigenvalue weighted by atomic mass is 10.1. The van der Waals surface area contributed by atoms with Crippen LogP contribution in [0.1, 0.15) is 15.9 Å². The van der Waals surface area contributed by atoms with Crippen LogP contribution in [0.4, 0.5) is 0 Å². The summed E-state index contributed by atoms with van der Waals surface area (Å²) >= 11 is 5.79. The highest BCUT2D eigenvalue weighted by Gasteiger charge is 2.15. The molecule has 0 heterocycles. The number of rotatable bonds is 8. The van der Waals surface area contributed by atoms with Gasteiger partial charge in [-0.15, -0.1) is 11.6 Å². The summed E-state index contributed by atoms with van der Waals surface area (Å²) < 4.78 is 10.1. The Labute approximate surface area is 119 Å². The highest BCUT2D eigenvalue weighted by Crippen LogP contribution is 2.10. The van der Waals surface area contributed by atoms with Crippen LogP contribution >= 0.6 is 11.6 Å². The van der Waals surface area contributed by atoms with Gasteiger partial charge in [0.2, 0.25) is 0 Å². The molecule has 0 saturated heterocycles. The second-order valence-corrected chi connectivity index (χ2v) is 4.38. The molecule has 1 aromatic carbocycles. The molecular formula is C14H20ClNO3. The monoisotopic (exact) mass is 285 g/mol. The smallest absolute Gasteiger partial charge is 0.254 e. The molecule has 1 rings (SSSR count). The summed E-state index contributed by atoms with van der Waals surface area (Å²) in [5, 5.41) is 0. The van der Waals surface area contributed by atoms with E-state index < -0.39 is 0 Å². The molecule has 0 fully saturated rings. The normalized spacial score (nSPS) is 10.5. The third kappa shape index (κ3) is 5.19. The zero-order chi connectivity index (χ0) is 14.1. The van der Waals surface area contributed by atoms with Crippen LogP contribution in [0.2, 0.25) is 0 Å². The Hall–Kier alpha value is -1.10. The maximum Gasteiger partial charge on any atom is 0.254 e. The fraction of sp³-hybridized carbons (Fsp3) is 0.500. The van der Waals surface area contributed by atoms with Crippen molar-refractivity contribution in [3.05, 3.63) is 35.4 Å². The van der Waals surface area contributed by atoms with Crippen molar-refractivity contribution in [1.29, 1.82) is 0 Å². The van der Waals surface area contributed by atoms with Crippen molar-refractivity contribution in [3.8, 4) is 0 Å². The van der Waals surface area contributed by atoms with E-state index in [-0.39, 0.29) is 5.91 Å². The van der Waals surface area contributed by atoms with E-state index in [1.165, 1.54) is 0 Å². The summed E-state index contributed by atoms with van der Waals surface area (Å²) in [6, 6.07) is 7.36. The van der Waals surface area contributed by atoms with E-state index in [2.05, 4.69) is 0 Å². The van der Waals surface area contributed by atoms with E-state index >= 15 is 0 Å². The van der Waals surface area contributed by atoms with E-state index in [4.69, 9.17) is 21.1 Å². The lowest BCUT2D eigenvalue weighted by Crippen LogP contribution is -2.36. The van der Waals surface area contributed by atoms with E-state index in [9.17, 15) is 4.79 Å². The van der Waals surface area contributed by atoms with Gasteiger partial charge in [-0.3, -0.25) is 4.79 Å². The number of nitrogens with zero attached hydrogens (tertiary/aromatic N) is 1. The number of benzene rings is 1. The van der Waals surface area contributed by atoms with Crippen molar-refractivity contribution >= 4 is 17.5 Å². The number of methoxy groups -OCH3 is 2. The van der Waals surface area contributed by atoms with Gasteiger partial charge in [-0.1, -0.05) is 12.1 Å². The largest absolute Gasteiger partial charge is 0.383 e. The SMILES string of the molecule is COCCN(CCOC)C(=O)c1cccc(CCl)c1. The van der Waals surface area contributed by atoms with Crippen LogP contribution in [0.25, 0.3) is 0 Å². The second-order valence-electron chi connectivity index (χ2n) is 4.11. The standard InChI is InChI=1S/C14H20ClNO3/c1-18-8-6-16(7-9-19-2)14(17)13-5-3-4-12(10-13)11-15/h3-5,10H,6-9,11H2,1-2H3. The molecule has 0 aliphatic rings. The van der Waals surface area contributed by atoms with Crippen LogP contribution in [0, 0.1) is 0 Å². The lowest BCUT2D eigenvalue weighted by Gasteiger charge is -2.22. The van der Waals surface area contributed by atoms with Gasteiger partial charge in [-0.2, -0.15) is 0 Å². The number of alkyl halides is 1. The van der Waals surface area contributed by atoms with Crippen molar-refractivity contribution in [1.82, 2.24) is 4.90 Å². The molecule has 0 N–H and O–H groups in total. The van der Waals surface area contributed by atoms with Crippen molar-refractivity contribution in [2.45, 2.75) is 5.88 Å². The van der Waals surface area contributed by atoms with Crippen LogP contribution in [0.3, 0.4) is 0 Å². The van der Waals surface area contributed by atoms with Crippen LogP contribution in [-0.2, 0) is 15.4 Å². The summed E-state index contributed by atoms with van der Waals surface area (Å²) in [5.41, 5.74) is 1.58. The Kier molecular flexibility index (Phi) is 7.48. The van der Waals surface area contributed by atoms with Gasteiger partial charge in [0.05, 0.1) is 13.2 Å². The molecule has 4 nitrogen and oxygen atoms in total. The average Bonchev–Trinajstić information content (AvgIpc) is 2.47. The van der Waals surface area contributed by atoms with E-state index in [1.54, 1.807) is 25.2 Å². The molecule has 19 heavy (non-hydrogen) atoms. The minimum absolute atomic E-state index is 0.0268. The third-order valence-electron chi connectivity index (χ3n) is 2.75. The zero-order valence-electron chi connectivity index (χ0n) is 11.4. The van der Waals surface area contributed by atoms with Crippen molar-refractivity contribution in [2.75, 3.05) is 40.5 Å². The Morgan fingerprint density at radius 1 is 1.21 bits per heavy atom. The van der Waals surface area contributed by atoms with Crippen LogP contribution in [-0.4, -0.2) is 51.3 Å². The second kappa shape index (κ2) is 8.91. The summed E-state index contributed by atoms with van der Waals surface area (Å²) in [6.07, 6.45) is 0. The number of hydrogen-bond acceptors (Lipinski definition) is 3. The van der Waals surface area contributed by atoms with Crippen molar-refractivity contribution in [3.63, 3.8) is 0 Å². The molecule has 0 radical (unpaired) electrons. The zero-order valence-corrected chi connectivity index (χ0v) is 12.2. The first kappa shape index (κ1) is 16.0. The molecule has 1 aromatic rings. The molecule has 0 atom stereocenters.